The molecule has 1 aliphatic rings. The Hall–Kier alpha value is -0.670. The van der Waals surface area contributed by atoms with Crippen molar-refractivity contribution in [2.24, 2.45) is 5.92 Å². The van der Waals surface area contributed by atoms with Crippen molar-refractivity contribution in [2.75, 3.05) is 13.1 Å². The normalized spacial score (nSPS) is 18.6. The summed E-state index contributed by atoms with van der Waals surface area (Å²) in [4.78, 5) is 13.1. The summed E-state index contributed by atoms with van der Waals surface area (Å²) in [6.07, 6.45) is 3.13. The minimum atomic E-state index is 0.291. The molecule has 86 valence electrons. The first kappa shape index (κ1) is 11.8. The molecule has 16 heavy (non-hydrogen) atoms. The van der Waals surface area contributed by atoms with Gasteiger partial charge in [0, 0.05) is 16.9 Å². The Labute approximate surface area is 105 Å². The first-order chi connectivity index (χ1) is 7.78. The van der Waals surface area contributed by atoms with E-state index in [9.17, 15) is 4.79 Å². The monoisotopic (exact) mass is 281 g/mol. The number of nitrogens with zero attached hydrogens (tertiary/aromatic N) is 1. The highest BCUT2D eigenvalue weighted by atomic mass is 79.9. The molecule has 0 atom stereocenters. The van der Waals surface area contributed by atoms with Crippen LogP contribution in [0.5, 0.6) is 0 Å². The van der Waals surface area contributed by atoms with E-state index in [2.05, 4.69) is 39.0 Å². The molecule has 0 bridgehead atoms. The molecule has 0 saturated carbocycles. The van der Waals surface area contributed by atoms with Crippen LogP contribution in [-0.2, 0) is 11.3 Å². The van der Waals surface area contributed by atoms with Gasteiger partial charge < -0.3 is 4.79 Å². The van der Waals surface area contributed by atoms with Gasteiger partial charge in [0.1, 0.15) is 6.29 Å². The van der Waals surface area contributed by atoms with Gasteiger partial charge in [0.15, 0.2) is 0 Å². The van der Waals surface area contributed by atoms with E-state index >= 15 is 0 Å². The van der Waals surface area contributed by atoms with Crippen LogP contribution in [0.25, 0.3) is 0 Å². The molecule has 1 fully saturated rings. The zero-order valence-corrected chi connectivity index (χ0v) is 10.8. The summed E-state index contributed by atoms with van der Waals surface area (Å²) in [5.41, 5.74) is 1.33. The quantitative estimate of drug-likeness (QED) is 0.795. The summed E-state index contributed by atoms with van der Waals surface area (Å²) in [5, 5.41) is 0. The third-order valence-corrected chi connectivity index (χ3v) is 3.61. The topological polar surface area (TPSA) is 20.3 Å². The van der Waals surface area contributed by atoms with Crippen LogP contribution < -0.4 is 0 Å². The fourth-order valence-corrected chi connectivity index (χ4v) is 2.59. The smallest absolute Gasteiger partial charge is 0.123 e. The van der Waals surface area contributed by atoms with Crippen molar-refractivity contribution in [3.63, 3.8) is 0 Å². The maximum atomic E-state index is 10.6. The largest absolute Gasteiger partial charge is 0.303 e. The molecule has 1 saturated heterocycles. The third kappa shape index (κ3) is 3.16. The fraction of sp³-hybridized carbons (Fsp3) is 0.462. The highest BCUT2D eigenvalue weighted by Crippen LogP contribution is 2.18. The van der Waals surface area contributed by atoms with Crippen LogP contribution in [0.2, 0.25) is 0 Å². The van der Waals surface area contributed by atoms with Crippen LogP contribution in [0.3, 0.4) is 0 Å². The predicted molar refractivity (Wildman–Crippen MR) is 68.2 cm³/mol. The van der Waals surface area contributed by atoms with Crippen LogP contribution in [0, 0.1) is 5.92 Å². The van der Waals surface area contributed by atoms with Crippen LogP contribution in [0.1, 0.15) is 18.4 Å². The number of benzene rings is 1. The number of rotatable bonds is 3. The van der Waals surface area contributed by atoms with Crippen molar-refractivity contribution in [2.45, 2.75) is 19.4 Å². The molecule has 0 spiro atoms. The molecule has 3 heteroatoms. The molecule has 1 aromatic rings. The maximum absolute atomic E-state index is 10.6. The number of hydrogen-bond donors (Lipinski definition) is 0. The Morgan fingerprint density at radius 2 is 2.12 bits per heavy atom. The fourth-order valence-electron chi connectivity index (χ4n) is 2.14. The van der Waals surface area contributed by atoms with Gasteiger partial charge in [-0.3, -0.25) is 4.90 Å². The van der Waals surface area contributed by atoms with Crippen molar-refractivity contribution < 1.29 is 4.79 Å². The molecule has 0 radical (unpaired) electrons. The summed E-state index contributed by atoms with van der Waals surface area (Å²) >= 11 is 3.48. The first-order valence-electron chi connectivity index (χ1n) is 5.70. The molecule has 1 aromatic carbocycles. The molecule has 0 aromatic heterocycles. The molecule has 1 aliphatic heterocycles. The summed E-state index contributed by atoms with van der Waals surface area (Å²) in [6, 6.07) is 8.42. The van der Waals surface area contributed by atoms with Gasteiger partial charge in [0.2, 0.25) is 0 Å². The SMILES string of the molecule is O=CC1CCN(Cc2cccc(Br)c2)CC1. The van der Waals surface area contributed by atoms with Crippen LogP contribution in [0.4, 0.5) is 0 Å². The summed E-state index contributed by atoms with van der Waals surface area (Å²) in [6.45, 7) is 3.07. The molecular weight excluding hydrogens is 266 g/mol. The minimum absolute atomic E-state index is 0.291. The number of halogens is 1. The van der Waals surface area contributed by atoms with E-state index in [1.807, 2.05) is 6.07 Å². The summed E-state index contributed by atoms with van der Waals surface area (Å²) in [7, 11) is 0. The number of piperidine rings is 1. The second-order valence-corrected chi connectivity index (χ2v) is 5.30. The van der Waals surface area contributed by atoms with Gasteiger partial charge in [0.25, 0.3) is 0 Å². The van der Waals surface area contributed by atoms with Gasteiger partial charge in [-0.15, -0.1) is 0 Å². The number of aldehydes is 1. The molecule has 1 heterocycles. The highest BCUT2D eigenvalue weighted by molar-refractivity contribution is 9.10. The van der Waals surface area contributed by atoms with Gasteiger partial charge in [0.05, 0.1) is 0 Å². The Morgan fingerprint density at radius 1 is 1.38 bits per heavy atom. The number of carbonyl (C=O) groups is 1. The zero-order chi connectivity index (χ0) is 11.4. The molecule has 0 N–H and O–H groups in total. The average Bonchev–Trinajstić information content (AvgIpc) is 2.30. The average molecular weight is 282 g/mol. The second kappa shape index (κ2) is 5.60. The van der Waals surface area contributed by atoms with Crippen molar-refractivity contribution in [1.29, 1.82) is 0 Å². The maximum Gasteiger partial charge on any atom is 0.123 e. The molecule has 2 rings (SSSR count). The lowest BCUT2D eigenvalue weighted by molar-refractivity contribution is -0.112. The first-order valence-corrected chi connectivity index (χ1v) is 6.49. The molecule has 0 aliphatic carbocycles. The van der Waals surface area contributed by atoms with Crippen molar-refractivity contribution in [1.82, 2.24) is 4.90 Å². The molecule has 2 nitrogen and oxygen atoms in total. The molecule has 0 unspecified atom stereocenters. The third-order valence-electron chi connectivity index (χ3n) is 3.12. The van der Waals surface area contributed by atoms with E-state index < -0.39 is 0 Å². The van der Waals surface area contributed by atoms with E-state index in [0.717, 1.165) is 43.2 Å². The van der Waals surface area contributed by atoms with E-state index in [-0.39, 0.29) is 0 Å². The lowest BCUT2D eigenvalue weighted by atomic mass is 9.98. The highest BCUT2D eigenvalue weighted by Gasteiger charge is 2.18. The standard InChI is InChI=1S/C13H16BrNO/c14-13-3-1-2-12(8-13)9-15-6-4-11(10-16)5-7-15/h1-3,8,10-11H,4-7,9H2. The predicted octanol–water partition coefficient (Wildman–Crippen LogP) is 2.86. The van der Waals surface area contributed by atoms with Gasteiger partial charge in [-0.25, -0.2) is 0 Å². The Morgan fingerprint density at radius 3 is 2.75 bits per heavy atom. The lowest BCUT2D eigenvalue weighted by Crippen LogP contribution is -2.33. The van der Waals surface area contributed by atoms with Crippen LogP contribution in [-0.4, -0.2) is 24.3 Å². The van der Waals surface area contributed by atoms with Crippen molar-refractivity contribution in [3.8, 4) is 0 Å². The summed E-state index contributed by atoms with van der Waals surface area (Å²) in [5.74, 6) is 0.291. The van der Waals surface area contributed by atoms with E-state index in [4.69, 9.17) is 0 Å². The second-order valence-electron chi connectivity index (χ2n) is 4.38. The Bertz CT molecular complexity index is 359. The Kier molecular flexibility index (Phi) is 4.13. The van der Waals surface area contributed by atoms with Gasteiger partial charge in [-0.05, 0) is 43.6 Å². The molecule has 0 amide bonds. The summed E-state index contributed by atoms with van der Waals surface area (Å²) < 4.78 is 1.13. The van der Waals surface area contributed by atoms with E-state index in [1.54, 1.807) is 0 Å². The minimum Gasteiger partial charge on any atom is -0.303 e. The lowest BCUT2D eigenvalue weighted by Gasteiger charge is -2.29. The van der Waals surface area contributed by atoms with E-state index in [0.29, 0.717) is 5.92 Å². The van der Waals surface area contributed by atoms with Crippen LogP contribution >= 0.6 is 15.9 Å². The van der Waals surface area contributed by atoms with Gasteiger partial charge >= 0.3 is 0 Å². The van der Waals surface area contributed by atoms with Crippen LogP contribution in [0.15, 0.2) is 28.7 Å². The van der Waals surface area contributed by atoms with E-state index in [1.165, 1.54) is 5.56 Å². The number of likely N-dealkylation sites (tertiary alicyclic amines) is 1. The van der Waals surface area contributed by atoms with Crippen molar-refractivity contribution >= 4 is 22.2 Å². The van der Waals surface area contributed by atoms with Crippen molar-refractivity contribution in [3.05, 3.63) is 34.3 Å². The van der Waals surface area contributed by atoms with Gasteiger partial charge in [-0.2, -0.15) is 0 Å². The van der Waals surface area contributed by atoms with Gasteiger partial charge in [-0.1, -0.05) is 28.1 Å². The number of carbonyl (C=O) groups excluding carboxylic acids is 1. The number of hydrogen-bond acceptors (Lipinski definition) is 2. The molecular formula is C13H16BrNO. The zero-order valence-electron chi connectivity index (χ0n) is 9.23. The Balaban J connectivity index is 1.89.